The van der Waals surface area contributed by atoms with Gasteiger partial charge in [0.25, 0.3) is 5.56 Å². The van der Waals surface area contributed by atoms with Crippen LogP contribution in [0.2, 0.25) is 0 Å². The lowest BCUT2D eigenvalue weighted by atomic mass is 10.1. The van der Waals surface area contributed by atoms with Crippen LogP contribution in [0.5, 0.6) is 0 Å². The van der Waals surface area contributed by atoms with E-state index in [2.05, 4.69) is 5.32 Å². The Balaban J connectivity index is 2.15. The molecule has 0 aliphatic carbocycles. The number of rotatable bonds is 6. The van der Waals surface area contributed by atoms with Crippen molar-refractivity contribution < 1.29 is 14.0 Å². The molecule has 2 aromatic rings. The molecule has 3 rings (SSSR count). The summed E-state index contributed by atoms with van der Waals surface area (Å²) in [6, 6.07) is 2.40. The number of alkyl halides is 1. The van der Waals surface area contributed by atoms with Gasteiger partial charge >= 0.3 is 5.69 Å². The molecular formula is C17H22F2N4O3. The monoisotopic (exact) mass is 368 g/mol. The van der Waals surface area contributed by atoms with Gasteiger partial charge in [-0.1, -0.05) is 4.73 Å². The number of fused-ring (bicyclic) bond motifs is 1. The second kappa shape index (κ2) is 7.45. The third-order valence-corrected chi connectivity index (χ3v) is 4.86. The number of aryl methyl sites for hydroxylation is 1. The first-order valence-corrected chi connectivity index (χ1v) is 8.67. The van der Waals surface area contributed by atoms with Crippen LogP contribution in [0.3, 0.4) is 0 Å². The minimum absolute atomic E-state index is 0.112. The fraction of sp³-hybridized carbons (Fsp3) is 0.529. The van der Waals surface area contributed by atoms with Crippen LogP contribution in [0.4, 0.5) is 14.5 Å². The summed E-state index contributed by atoms with van der Waals surface area (Å²) < 4.78 is 28.4. The Morgan fingerprint density at radius 3 is 2.77 bits per heavy atom. The molecule has 7 nitrogen and oxygen atoms in total. The lowest BCUT2D eigenvalue weighted by Crippen LogP contribution is -2.39. The predicted octanol–water partition coefficient (Wildman–Crippen LogP) is 0.945. The van der Waals surface area contributed by atoms with Gasteiger partial charge in [-0.3, -0.25) is 9.36 Å². The molecule has 2 N–H and O–H groups in total. The fourth-order valence-corrected chi connectivity index (χ4v) is 3.49. The normalized spacial score (nSPS) is 17.1. The summed E-state index contributed by atoms with van der Waals surface area (Å²) in [6.07, 6.45) is 0.994. The summed E-state index contributed by atoms with van der Waals surface area (Å²) in [6.45, 7) is 3.67. The molecule has 1 aromatic heterocycles. The van der Waals surface area contributed by atoms with E-state index in [4.69, 9.17) is 0 Å². The number of hydrogen-bond acceptors (Lipinski definition) is 5. The maximum atomic E-state index is 14.7. The number of aromatic nitrogens is 2. The lowest BCUT2D eigenvalue weighted by molar-refractivity contribution is 0.156. The van der Waals surface area contributed by atoms with Gasteiger partial charge in [-0.25, -0.2) is 13.6 Å². The van der Waals surface area contributed by atoms with E-state index in [9.17, 15) is 23.6 Å². The van der Waals surface area contributed by atoms with Gasteiger partial charge in [0.05, 0.1) is 23.1 Å². The molecule has 1 atom stereocenters. The van der Waals surface area contributed by atoms with E-state index < -0.39 is 23.7 Å². The maximum absolute atomic E-state index is 14.7. The highest BCUT2D eigenvalue weighted by Crippen LogP contribution is 2.26. The molecule has 1 aliphatic heterocycles. The third-order valence-electron chi connectivity index (χ3n) is 4.86. The van der Waals surface area contributed by atoms with E-state index in [1.165, 1.54) is 6.07 Å². The van der Waals surface area contributed by atoms with Crippen molar-refractivity contribution in [2.45, 2.75) is 19.9 Å². The summed E-state index contributed by atoms with van der Waals surface area (Å²) in [7, 11) is 0. The SMILES string of the molecule is CCN(CC1CCNC1)c1cc2c(cc1F)c(=O)n(O)c(=O)n2CCF. The second-order valence-corrected chi connectivity index (χ2v) is 6.46. The van der Waals surface area contributed by atoms with Gasteiger partial charge in [0.15, 0.2) is 0 Å². The Hall–Kier alpha value is -2.42. The number of nitrogens with zero attached hydrogens (tertiary/aromatic N) is 3. The average molecular weight is 368 g/mol. The van der Waals surface area contributed by atoms with E-state index in [-0.39, 0.29) is 27.9 Å². The topological polar surface area (TPSA) is 79.5 Å². The van der Waals surface area contributed by atoms with Gasteiger partial charge < -0.3 is 15.4 Å². The van der Waals surface area contributed by atoms with Crippen molar-refractivity contribution in [3.8, 4) is 0 Å². The van der Waals surface area contributed by atoms with Crippen molar-refractivity contribution in [2.75, 3.05) is 37.8 Å². The molecular weight excluding hydrogens is 346 g/mol. The number of anilines is 1. The first kappa shape index (κ1) is 18.4. The predicted molar refractivity (Wildman–Crippen MR) is 94.4 cm³/mol. The minimum Gasteiger partial charge on any atom is -0.421 e. The zero-order valence-corrected chi connectivity index (χ0v) is 14.5. The van der Waals surface area contributed by atoms with Crippen LogP contribution >= 0.6 is 0 Å². The third kappa shape index (κ3) is 3.18. The summed E-state index contributed by atoms with van der Waals surface area (Å²) in [5, 5.41) is 12.7. The van der Waals surface area contributed by atoms with Gasteiger partial charge in [-0.15, -0.1) is 0 Å². The molecule has 0 bridgehead atoms. The summed E-state index contributed by atoms with van der Waals surface area (Å²) in [5.74, 6) is -0.239. The molecule has 9 heteroatoms. The van der Waals surface area contributed by atoms with E-state index in [1.54, 1.807) is 0 Å². The van der Waals surface area contributed by atoms with Crippen molar-refractivity contribution in [3.05, 3.63) is 38.8 Å². The number of nitrogens with one attached hydrogen (secondary N) is 1. The summed E-state index contributed by atoms with van der Waals surface area (Å²) in [4.78, 5) is 26.1. The Bertz CT molecular complexity index is 919. The van der Waals surface area contributed by atoms with E-state index in [0.717, 1.165) is 30.1 Å². The van der Waals surface area contributed by atoms with Crippen LogP contribution in [-0.4, -0.2) is 47.4 Å². The maximum Gasteiger partial charge on any atom is 0.365 e. The van der Waals surface area contributed by atoms with Crippen molar-refractivity contribution in [1.82, 2.24) is 14.6 Å². The van der Waals surface area contributed by atoms with Crippen molar-refractivity contribution in [2.24, 2.45) is 5.92 Å². The van der Waals surface area contributed by atoms with Crippen LogP contribution in [0.15, 0.2) is 21.7 Å². The number of benzene rings is 1. The molecule has 0 amide bonds. The van der Waals surface area contributed by atoms with Gasteiger partial charge in [0.1, 0.15) is 12.5 Å². The second-order valence-electron chi connectivity index (χ2n) is 6.46. The number of halogens is 2. The first-order valence-electron chi connectivity index (χ1n) is 8.67. The highest BCUT2D eigenvalue weighted by molar-refractivity contribution is 5.82. The molecule has 1 saturated heterocycles. The van der Waals surface area contributed by atoms with Crippen LogP contribution in [0.1, 0.15) is 13.3 Å². The lowest BCUT2D eigenvalue weighted by Gasteiger charge is -2.27. The van der Waals surface area contributed by atoms with E-state index in [0.29, 0.717) is 19.0 Å². The Kier molecular flexibility index (Phi) is 5.26. The first-order chi connectivity index (χ1) is 12.5. The van der Waals surface area contributed by atoms with Gasteiger partial charge in [-0.05, 0) is 44.5 Å². The highest BCUT2D eigenvalue weighted by Gasteiger charge is 2.22. The van der Waals surface area contributed by atoms with E-state index in [1.807, 2.05) is 11.8 Å². The molecule has 2 heterocycles. The Morgan fingerprint density at radius 2 is 2.15 bits per heavy atom. The molecule has 1 aromatic carbocycles. The molecule has 1 aliphatic rings. The molecule has 1 unspecified atom stereocenters. The highest BCUT2D eigenvalue weighted by atomic mass is 19.1. The van der Waals surface area contributed by atoms with Gasteiger partial charge in [0.2, 0.25) is 0 Å². The zero-order chi connectivity index (χ0) is 18.8. The fourth-order valence-electron chi connectivity index (χ4n) is 3.49. The molecule has 142 valence electrons. The smallest absolute Gasteiger partial charge is 0.365 e. The molecule has 0 radical (unpaired) electrons. The molecule has 26 heavy (non-hydrogen) atoms. The van der Waals surface area contributed by atoms with Crippen LogP contribution in [0.25, 0.3) is 10.9 Å². The Morgan fingerprint density at radius 1 is 1.38 bits per heavy atom. The van der Waals surface area contributed by atoms with Crippen molar-refractivity contribution >= 4 is 16.6 Å². The summed E-state index contributed by atoms with van der Waals surface area (Å²) in [5.41, 5.74) is -1.69. The standard InChI is InChI=1S/C17H22F2N4O3/c1-2-21(10-11-3-5-20-9-11)15-8-14-12(7-13(15)19)16(24)23(26)17(25)22(14)6-4-18/h7-8,11,20,26H,2-6,9-10H2,1H3. The largest absolute Gasteiger partial charge is 0.421 e. The summed E-state index contributed by atoms with van der Waals surface area (Å²) >= 11 is 0. The van der Waals surface area contributed by atoms with Crippen LogP contribution < -0.4 is 21.5 Å². The Labute approximate surface area is 148 Å². The average Bonchev–Trinajstić information content (AvgIpc) is 3.15. The van der Waals surface area contributed by atoms with Gasteiger partial charge in [0, 0.05) is 13.1 Å². The van der Waals surface area contributed by atoms with E-state index >= 15 is 0 Å². The molecule has 0 spiro atoms. The van der Waals surface area contributed by atoms with Gasteiger partial charge in [-0.2, -0.15) is 0 Å². The molecule has 0 saturated carbocycles. The van der Waals surface area contributed by atoms with Crippen LogP contribution in [0, 0.1) is 11.7 Å². The van der Waals surface area contributed by atoms with Crippen molar-refractivity contribution in [1.29, 1.82) is 0 Å². The number of hydrogen-bond donors (Lipinski definition) is 2. The zero-order valence-electron chi connectivity index (χ0n) is 14.5. The van der Waals surface area contributed by atoms with Crippen molar-refractivity contribution in [3.63, 3.8) is 0 Å². The minimum atomic E-state index is -1.04. The van der Waals surface area contributed by atoms with Crippen LogP contribution in [-0.2, 0) is 6.54 Å². The molecule has 1 fully saturated rings. The quantitative estimate of drug-likeness (QED) is 0.742.